The molecule has 2 aliphatic rings. The molecule has 4 heterocycles. The van der Waals surface area contributed by atoms with Crippen molar-refractivity contribution in [1.29, 1.82) is 0 Å². The Hall–Kier alpha value is -3.10. The predicted octanol–water partition coefficient (Wildman–Crippen LogP) is 3.67. The van der Waals surface area contributed by atoms with Crippen LogP contribution in [0, 0.1) is 0 Å². The van der Waals surface area contributed by atoms with Crippen LogP contribution in [0.2, 0.25) is 0 Å². The summed E-state index contributed by atoms with van der Waals surface area (Å²) in [5.41, 5.74) is 2.45. The Morgan fingerprint density at radius 2 is 1.94 bits per heavy atom. The summed E-state index contributed by atoms with van der Waals surface area (Å²) in [6.07, 6.45) is 2.46. The first kappa shape index (κ1) is 22.7. The number of hydrogen-bond acceptors (Lipinski definition) is 6. The van der Waals surface area contributed by atoms with Crippen LogP contribution in [0.3, 0.4) is 0 Å². The number of benzene rings is 1. The summed E-state index contributed by atoms with van der Waals surface area (Å²) < 4.78 is 10.6. The number of nitrogens with zero attached hydrogens (tertiary/aromatic N) is 3. The molecule has 0 unspecified atom stereocenters. The van der Waals surface area contributed by atoms with Crippen molar-refractivity contribution < 1.29 is 18.7 Å². The standard InChI is InChI=1S/C26H29N3O4S/c1-18-16-27(12-13-29(18)26(31)22-4-3-14-33-22)24(30)17-28-11-9-23-21(10-15-34-23)25(28)19-5-7-20(32-2)8-6-19/h3-8,10,14-15,18,25H,9,11-13,16-17H2,1-2H3/t18-,25-/m1/s1. The summed E-state index contributed by atoms with van der Waals surface area (Å²) in [5, 5.41) is 2.14. The van der Waals surface area contributed by atoms with Crippen LogP contribution >= 0.6 is 11.3 Å². The molecule has 5 rings (SSSR count). The summed E-state index contributed by atoms with van der Waals surface area (Å²) in [7, 11) is 1.67. The van der Waals surface area contributed by atoms with Gasteiger partial charge in [0.2, 0.25) is 5.91 Å². The number of piperazine rings is 1. The van der Waals surface area contributed by atoms with Gasteiger partial charge in [0.25, 0.3) is 5.91 Å². The van der Waals surface area contributed by atoms with Gasteiger partial charge in [0.05, 0.1) is 26.0 Å². The van der Waals surface area contributed by atoms with Crippen molar-refractivity contribution in [2.24, 2.45) is 0 Å². The van der Waals surface area contributed by atoms with Crippen LogP contribution in [0.1, 0.15) is 39.5 Å². The zero-order chi connectivity index (χ0) is 23.7. The quantitative estimate of drug-likeness (QED) is 0.559. The molecule has 0 saturated carbocycles. The van der Waals surface area contributed by atoms with Gasteiger partial charge < -0.3 is 19.0 Å². The Kier molecular flexibility index (Phi) is 6.43. The third kappa shape index (κ3) is 4.35. The maximum Gasteiger partial charge on any atom is 0.289 e. The fraction of sp³-hybridized carbons (Fsp3) is 0.385. The molecular weight excluding hydrogens is 450 g/mol. The van der Waals surface area contributed by atoms with E-state index in [-0.39, 0.29) is 23.9 Å². The number of amides is 2. The molecule has 1 saturated heterocycles. The highest BCUT2D eigenvalue weighted by Gasteiger charge is 2.35. The second kappa shape index (κ2) is 9.64. The molecule has 8 heteroatoms. The molecule has 34 heavy (non-hydrogen) atoms. The van der Waals surface area contributed by atoms with Crippen molar-refractivity contribution >= 4 is 23.2 Å². The van der Waals surface area contributed by atoms with Crippen molar-refractivity contribution in [1.82, 2.24) is 14.7 Å². The molecule has 1 aromatic carbocycles. The fourth-order valence-corrected chi connectivity index (χ4v) is 5.92. The largest absolute Gasteiger partial charge is 0.497 e. The summed E-state index contributed by atoms with van der Waals surface area (Å²) in [5.74, 6) is 1.15. The van der Waals surface area contributed by atoms with Gasteiger partial charge in [0, 0.05) is 37.1 Å². The number of thiophene rings is 1. The van der Waals surface area contributed by atoms with E-state index in [0.717, 1.165) is 24.3 Å². The Balaban J connectivity index is 1.29. The first-order valence-corrected chi connectivity index (χ1v) is 12.5. The summed E-state index contributed by atoms with van der Waals surface area (Å²) >= 11 is 1.79. The SMILES string of the molecule is COc1ccc([C@@H]2c3ccsc3CCN2CC(=O)N2CCN(C(=O)c3ccco3)[C@H](C)C2)cc1. The maximum absolute atomic E-state index is 13.4. The van der Waals surface area contributed by atoms with E-state index in [9.17, 15) is 9.59 Å². The number of carbonyl (C=O) groups is 2. The maximum atomic E-state index is 13.4. The van der Waals surface area contributed by atoms with Crippen molar-refractivity contribution in [3.63, 3.8) is 0 Å². The molecule has 0 aliphatic carbocycles. The van der Waals surface area contributed by atoms with Crippen LogP contribution in [-0.4, -0.2) is 72.4 Å². The Bertz CT molecular complexity index is 1140. The Morgan fingerprint density at radius 3 is 2.65 bits per heavy atom. The van der Waals surface area contributed by atoms with E-state index in [1.54, 1.807) is 35.5 Å². The van der Waals surface area contributed by atoms with E-state index in [2.05, 4.69) is 28.5 Å². The summed E-state index contributed by atoms with van der Waals surface area (Å²) in [6, 6.07) is 13.7. The van der Waals surface area contributed by atoms with E-state index >= 15 is 0 Å². The lowest BCUT2D eigenvalue weighted by atomic mass is 9.93. The van der Waals surface area contributed by atoms with Gasteiger partial charge in [-0.05, 0) is 60.2 Å². The smallest absolute Gasteiger partial charge is 0.289 e. The minimum absolute atomic E-state index is 0.0455. The fourth-order valence-electron chi connectivity index (χ4n) is 5.02. The van der Waals surface area contributed by atoms with Crippen molar-refractivity contribution in [2.45, 2.75) is 25.4 Å². The van der Waals surface area contributed by atoms with Crippen LogP contribution in [0.15, 0.2) is 58.5 Å². The monoisotopic (exact) mass is 479 g/mol. The van der Waals surface area contributed by atoms with Gasteiger partial charge >= 0.3 is 0 Å². The lowest BCUT2D eigenvalue weighted by Gasteiger charge is -2.41. The molecule has 2 atom stereocenters. The van der Waals surface area contributed by atoms with Gasteiger partial charge in [-0.3, -0.25) is 14.5 Å². The van der Waals surface area contributed by atoms with Gasteiger partial charge in [-0.2, -0.15) is 0 Å². The number of carbonyl (C=O) groups excluding carboxylic acids is 2. The molecular formula is C26H29N3O4S. The number of ether oxygens (including phenoxy) is 1. The van der Waals surface area contributed by atoms with Crippen molar-refractivity contribution in [2.75, 3.05) is 39.8 Å². The third-order valence-corrected chi connectivity index (χ3v) is 7.81. The number of rotatable bonds is 5. The normalized spacial score (nSPS) is 20.8. The Morgan fingerprint density at radius 1 is 1.12 bits per heavy atom. The van der Waals surface area contributed by atoms with Gasteiger partial charge in [-0.15, -0.1) is 11.3 Å². The molecule has 0 radical (unpaired) electrons. The number of fused-ring (bicyclic) bond motifs is 1. The second-order valence-electron chi connectivity index (χ2n) is 8.86. The summed E-state index contributed by atoms with van der Waals surface area (Å²) in [4.78, 5) is 33.5. The minimum Gasteiger partial charge on any atom is -0.497 e. The number of methoxy groups -OCH3 is 1. The van der Waals surface area contributed by atoms with Crippen LogP contribution in [-0.2, 0) is 11.2 Å². The number of hydrogen-bond donors (Lipinski definition) is 0. The molecule has 1 fully saturated rings. The molecule has 0 N–H and O–H groups in total. The first-order valence-electron chi connectivity index (χ1n) is 11.6. The van der Waals surface area contributed by atoms with Crippen molar-refractivity contribution in [3.05, 3.63) is 75.9 Å². The van der Waals surface area contributed by atoms with E-state index in [4.69, 9.17) is 9.15 Å². The Labute approximate surface area is 203 Å². The first-order chi connectivity index (χ1) is 16.5. The molecule has 7 nitrogen and oxygen atoms in total. The molecule has 3 aromatic rings. The van der Waals surface area contributed by atoms with Crippen LogP contribution in [0.4, 0.5) is 0 Å². The molecule has 2 aromatic heterocycles. The molecule has 0 spiro atoms. The molecule has 178 valence electrons. The van der Waals surface area contributed by atoms with E-state index in [0.29, 0.717) is 31.9 Å². The zero-order valence-corrected chi connectivity index (χ0v) is 20.3. The second-order valence-corrected chi connectivity index (χ2v) is 9.86. The average molecular weight is 480 g/mol. The molecule has 2 aliphatic heterocycles. The highest BCUT2D eigenvalue weighted by molar-refractivity contribution is 7.10. The third-order valence-electron chi connectivity index (χ3n) is 6.81. The molecule has 0 bridgehead atoms. The van der Waals surface area contributed by atoms with Crippen LogP contribution in [0.5, 0.6) is 5.75 Å². The van der Waals surface area contributed by atoms with E-state index < -0.39 is 0 Å². The van der Waals surface area contributed by atoms with Crippen LogP contribution in [0.25, 0.3) is 0 Å². The lowest BCUT2D eigenvalue weighted by molar-refractivity contribution is -0.135. The molecule has 2 amide bonds. The zero-order valence-electron chi connectivity index (χ0n) is 19.5. The average Bonchev–Trinajstić information content (AvgIpc) is 3.56. The lowest BCUT2D eigenvalue weighted by Crippen LogP contribution is -2.57. The predicted molar refractivity (Wildman–Crippen MR) is 130 cm³/mol. The van der Waals surface area contributed by atoms with E-state index in [1.807, 2.05) is 24.0 Å². The van der Waals surface area contributed by atoms with Gasteiger partial charge in [-0.25, -0.2) is 0 Å². The van der Waals surface area contributed by atoms with E-state index in [1.165, 1.54) is 16.7 Å². The highest BCUT2D eigenvalue weighted by atomic mass is 32.1. The van der Waals surface area contributed by atoms with Gasteiger partial charge in [-0.1, -0.05) is 12.1 Å². The minimum atomic E-state index is -0.120. The van der Waals surface area contributed by atoms with Crippen LogP contribution < -0.4 is 4.74 Å². The summed E-state index contributed by atoms with van der Waals surface area (Å²) in [6.45, 7) is 4.73. The van der Waals surface area contributed by atoms with Gasteiger partial charge in [0.15, 0.2) is 5.76 Å². The van der Waals surface area contributed by atoms with Crippen molar-refractivity contribution in [3.8, 4) is 5.75 Å². The highest BCUT2D eigenvalue weighted by Crippen LogP contribution is 2.38. The number of furan rings is 1. The van der Waals surface area contributed by atoms with Gasteiger partial charge in [0.1, 0.15) is 5.75 Å². The topological polar surface area (TPSA) is 66.2 Å².